The molecule has 1 N–H and O–H groups in total. The number of rotatable bonds is 5. The third kappa shape index (κ3) is 3.42. The first kappa shape index (κ1) is 16.4. The Labute approximate surface area is 129 Å². The third-order valence-corrected chi connectivity index (χ3v) is 4.12. The summed E-state index contributed by atoms with van der Waals surface area (Å²) in [5.41, 5.74) is 0.887. The minimum Gasteiger partial charge on any atom is -0.478 e. The second-order valence-electron chi connectivity index (χ2n) is 5.59. The normalized spacial score (nSPS) is 16.6. The molecule has 120 valence electrons. The Morgan fingerprint density at radius 2 is 1.95 bits per heavy atom. The van der Waals surface area contributed by atoms with Crippen LogP contribution in [0, 0.1) is 10.1 Å². The zero-order valence-electron chi connectivity index (χ0n) is 12.9. The van der Waals surface area contributed by atoms with Gasteiger partial charge in [-0.05, 0) is 25.6 Å². The molecule has 22 heavy (non-hydrogen) atoms. The lowest BCUT2D eigenvalue weighted by atomic mass is 9.98. The van der Waals surface area contributed by atoms with Gasteiger partial charge < -0.3 is 10.0 Å². The monoisotopic (exact) mass is 307 g/mol. The van der Waals surface area contributed by atoms with Gasteiger partial charge in [-0.3, -0.25) is 15.0 Å². The topological polar surface area (TPSA) is 86.9 Å². The average molecular weight is 307 g/mol. The molecule has 7 nitrogen and oxygen atoms in total. The molecule has 0 bridgehead atoms. The van der Waals surface area contributed by atoms with Gasteiger partial charge in [0, 0.05) is 43.9 Å². The number of nitro groups is 1. The number of aromatic carboxylic acids is 1. The largest absolute Gasteiger partial charge is 0.478 e. The molecule has 0 aliphatic carbocycles. The SMILES string of the molecule is CCc1c(C(=O)O)ccc(CN2CCN(C)CC2)c1[N+](=O)[O-]. The second kappa shape index (κ2) is 6.85. The summed E-state index contributed by atoms with van der Waals surface area (Å²) in [6, 6.07) is 3.07. The summed E-state index contributed by atoms with van der Waals surface area (Å²) >= 11 is 0. The summed E-state index contributed by atoms with van der Waals surface area (Å²) in [6.07, 6.45) is 0.328. The van der Waals surface area contributed by atoms with Crippen LogP contribution in [0.25, 0.3) is 0 Å². The van der Waals surface area contributed by atoms with E-state index in [0.717, 1.165) is 26.2 Å². The maximum atomic E-state index is 11.5. The number of carboxylic acid groups (broad SMARTS) is 1. The van der Waals surface area contributed by atoms with Gasteiger partial charge in [-0.2, -0.15) is 0 Å². The van der Waals surface area contributed by atoms with Crippen molar-refractivity contribution >= 4 is 11.7 Å². The molecule has 1 aromatic carbocycles. The Hall–Kier alpha value is -1.99. The van der Waals surface area contributed by atoms with Gasteiger partial charge in [0.2, 0.25) is 0 Å². The van der Waals surface area contributed by atoms with Crippen LogP contribution in [0.3, 0.4) is 0 Å². The molecular weight excluding hydrogens is 286 g/mol. The highest BCUT2D eigenvalue weighted by Crippen LogP contribution is 2.29. The van der Waals surface area contributed by atoms with Crippen LogP contribution < -0.4 is 0 Å². The van der Waals surface area contributed by atoms with Crippen LogP contribution in [-0.2, 0) is 13.0 Å². The molecule has 2 rings (SSSR count). The van der Waals surface area contributed by atoms with Crippen molar-refractivity contribution in [3.63, 3.8) is 0 Å². The molecular formula is C15H21N3O4. The standard InChI is InChI=1S/C15H21N3O4/c1-3-12-13(15(19)20)5-4-11(14(12)18(21)22)10-17-8-6-16(2)7-9-17/h4-5H,3,6-10H2,1-2H3,(H,19,20). The Morgan fingerprint density at radius 3 is 2.45 bits per heavy atom. The van der Waals surface area contributed by atoms with Crippen molar-refractivity contribution in [2.24, 2.45) is 0 Å². The molecule has 0 saturated carbocycles. The van der Waals surface area contributed by atoms with Gasteiger partial charge in [-0.1, -0.05) is 6.92 Å². The Morgan fingerprint density at radius 1 is 1.32 bits per heavy atom. The second-order valence-corrected chi connectivity index (χ2v) is 5.59. The summed E-state index contributed by atoms with van der Waals surface area (Å²) in [4.78, 5) is 26.6. The Kier molecular flexibility index (Phi) is 5.10. The van der Waals surface area contributed by atoms with Crippen LogP contribution in [-0.4, -0.2) is 59.0 Å². The van der Waals surface area contributed by atoms with Gasteiger partial charge in [0.25, 0.3) is 5.69 Å². The maximum Gasteiger partial charge on any atom is 0.336 e. The zero-order chi connectivity index (χ0) is 16.3. The van der Waals surface area contributed by atoms with Gasteiger partial charge in [0.05, 0.1) is 10.5 Å². The first-order chi connectivity index (χ1) is 10.4. The Bertz CT molecular complexity index is 580. The highest BCUT2D eigenvalue weighted by atomic mass is 16.6. The van der Waals surface area contributed by atoms with E-state index in [-0.39, 0.29) is 11.3 Å². The van der Waals surface area contributed by atoms with Crippen molar-refractivity contribution in [3.8, 4) is 0 Å². The van der Waals surface area contributed by atoms with Crippen molar-refractivity contribution in [2.45, 2.75) is 19.9 Å². The summed E-state index contributed by atoms with van der Waals surface area (Å²) < 4.78 is 0. The van der Waals surface area contributed by atoms with Crippen LogP contribution in [0.5, 0.6) is 0 Å². The fourth-order valence-electron chi connectivity index (χ4n) is 2.85. The van der Waals surface area contributed by atoms with Crippen molar-refractivity contribution in [2.75, 3.05) is 33.2 Å². The number of nitrogens with zero attached hydrogens (tertiary/aromatic N) is 3. The third-order valence-electron chi connectivity index (χ3n) is 4.12. The average Bonchev–Trinajstić information content (AvgIpc) is 2.48. The van der Waals surface area contributed by atoms with Gasteiger partial charge in [-0.25, -0.2) is 4.79 Å². The first-order valence-corrected chi connectivity index (χ1v) is 7.37. The molecule has 1 saturated heterocycles. The van der Waals surface area contributed by atoms with E-state index in [4.69, 9.17) is 0 Å². The lowest BCUT2D eigenvalue weighted by Gasteiger charge is -2.32. The van der Waals surface area contributed by atoms with Crippen molar-refractivity contribution in [3.05, 3.63) is 38.9 Å². The van der Waals surface area contributed by atoms with Gasteiger partial charge in [0.1, 0.15) is 0 Å². The van der Waals surface area contributed by atoms with Crippen LogP contribution in [0.2, 0.25) is 0 Å². The number of hydrogen-bond acceptors (Lipinski definition) is 5. The van der Waals surface area contributed by atoms with Crippen LogP contribution >= 0.6 is 0 Å². The predicted molar refractivity (Wildman–Crippen MR) is 82.2 cm³/mol. The fraction of sp³-hybridized carbons (Fsp3) is 0.533. The van der Waals surface area contributed by atoms with Crippen molar-refractivity contribution in [1.82, 2.24) is 9.80 Å². The van der Waals surface area contributed by atoms with Gasteiger partial charge >= 0.3 is 5.97 Å². The van der Waals surface area contributed by atoms with E-state index in [1.807, 2.05) is 0 Å². The quantitative estimate of drug-likeness (QED) is 0.657. The fourth-order valence-corrected chi connectivity index (χ4v) is 2.85. The van der Waals surface area contributed by atoms with Crippen LogP contribution in [0.15, 0.2) is 12.1 Å². The molecule has 0 atom stereocenters. The number of carboxylic acids is 1. The van der Waals surface area contributed by atoms with E-state index in [9.17, 15) is 20.0 Å². The zero-order valence-corrected chi connectivity index (χ0v) is 12.9. The highest BCUT2D eigenvalue weighted by molar-refractivity contribution is 5.91. The highest BCUT2D eigenvalue weighted by Gasteiger charge is 2.26. The van der Waals surface area contributed by atoms with E-state index < -0.39 is 10.9 Å². The molecule has 0 radical (unpaired) electrons. The molecule has 1 heterocycles. The van der Waals surface area contributed by atoms with Crippen molar-refractivity contribution < 1.29 is 14.8 Å². The molecule has 0 aromatic heterocycles. The number of nitro benzene ring substituents is 1. The molecule has 1 aliphatic rings. The number of likely N-dealkylation sites (N-methyl/N-ethyl adjacent to an activating group) is 1. The number of hydrogen-bond donors (Lipinski definition) is 1. The first-order valence-electron chi connectivity index (χ1n) is 7.37. The minimum atomic E-state index is -1.12. The van der Waals surface area contributed by atoms with E-state index in [1.54, 1.807) is 13.0 Å². The lowest BCUT2D eigenvalue weighted by molar-refractivity contribution is -0.386. The van der Waals surface area contributed by atoms with Gasteiger partial charge in [0.15, 0.2) is 0 Å². The smallest absolute Gasteiger partial charge is 0.336 e. The molecule has 1 aliphatic heterocycles. The van der Waals surface area contributed by atoms with Gasteiger partial charge in [-0.15, -0.1) is 0 Å². The molecule has 0 spiro atoms. The van der Waals surface area contributed by atoms with E-state index >= 15 is 0 Å². The van der Waals surface area contributed by atoms with Crippen molar-refractivity contribution in [1.29, 1.82) is 0 Å². The molecule has 1 aromatic rings. The lowest BCUT2D eigenvalue weighted by Crippen LogP contribution is -2.44. The number of benzene rings is 1. The summed E-state index contributed by atoms with van der Waals surface area (Å²) in [5, 5.41) is 20.7. The van der Waals surface area contributed by atoms with E-state index in [1.165, 1.54) is 6.07 Å². The van der Waals surface area contributed by atoms with E-state index in [0.29, 0.717) is 24.1 Å². The van der Waals surface area contributed by atoms with Crippen LogP contribution in [0.1, 0.15) is 28.4 Å². The molecule has 7 heteroatoms. The van der Waals surface area contributed by atoms with E-state index in [2.05, 4.69) is 16.8 Å². The summed E-state index contributed by atoms with van der Waals surface area (Å²) in [6.45, 7) is 5.81. The molecule has 1 fully saturated rings. The number of carbonyl (C=O) groups is 1. The maximum absolute atomic E-state index is 11.5. The summed E-state index contributed by atoms with van der Waals surface area (Å²) in [7, 11) is 2.05. The van der Waals surface area contributed by atoms with Crippen LogP contribution in [0.4, 0.5) is 5.69 Å². The molecule has 0 amide bonds. The molecule has 0 unspecified atom stereocenters. The predicted octanol–water partition coefficient (Wildman–Crippen LogP) is 1.60. The Balaban J connectivity index is 2.34. The summed E-state index contributed by atoms with van der Waals surface area (Å²) in [5.74, 6) is -1.12. The number of piperazine rings is 1. The minimum absolute atomic E-state index is 0.0244.